The number of benzene rings is 1. The van der Waals surface area contributed by atoms with E-state index in [1.54, 1.807) is 31.2 Å². The van der Waals surface area contributed by atoms with E-state index in [9.17, 15) is 13.2 Å². The van der Waals surface area contributed by atoms with Crippen molar-refractivity contribution >= 4 is 21.6 Å². The van der Waals surface area contributed by atoms with Crippen molar-refractivity contribution in [2.75, 3.05) is 44.0 Å². The van der Waals surface area contributed by atoms with E-state index in [-0.39, 0.29) is 18.9 Å². The van der Waals surface area contributed by atoms with Crippen LogP contribution in [-0.4, -0.2) is 53.0 Å². The number of sulfonamides is 1. The second-order valence-electron chi connectivity index (χ2n) is 4.55. The van der Waals surface area contributed by atoms with E-state index >= 15 is 0 Å². The number of anilines is 1. The maximum atomic E-state index is 11.7. The van der Waals surface area contributed by atoms with Crippen LogP contribution in [0.3, 0.4) is 0 Å². The summed E-state index contributed by atoms with van der Waals surface area (Å²) < 4.78 is 35.7. The van der Waals surface area contributed by atoms with Gasteiger partial charge in [0, 0.05) is 18.8 Å². The fourth-order valence-corrected chi connectivity index (χ4v) is 2.41. The Bertz CT molecular complexity index is 575. The lowest BCUT2D eigenvalue weighted by molar-refractivity contribution is -0.115. The zero-order valence-electron chi connectivity index (χ0n) is 13.1. The summed E-state index contributed by atoms with van der Waals surface area (Å²) in [4.78, 5) is 11.7. The van der Waals surface area contributed by atoms with Crippen molar-refractivity contribution in [1.29, 1.82) is 0 Å². The molecular formula is C14H23N3O5S. The van der Waals surface area contributed by atoms with E-state index in [1.807, 2.05) is 0 Å². The van der Waals surface area contributed by atoms with Gasteiger partial charge in [-0.1, -0.05) is 0 Å². The second-order valence-corrected chi connectivity index (χ2v) is 6.47. The van der Waals surface area contributed by atoms with Crippen molar-refractivity contribution < 1.29 is 22.7 Å². The molecule has 0 spiro atoms. The Morgan fingerprint density at radius 1 is 1.22 bits per heavy atom. The third-order valence-corrected chi connectivity index (χ3v) is 3.97. The van der Waals surface area contributed by atoms with Crippen molar-refractivity contribution in [3.8, 4) is 5.75 Å². The molecule has 130 valence electrons. The van der Waals surface area contributed by atoms with Crippen LogP contribution >= 0.6 is 0 Å². The molecule has 8 nitrogen and oxygen atoms in total. The van der Waals surface area contributed by atoms with Gasteiger partial charge in [-0.15, -0.1) is 0 Å². The molecule has 0 atom stereocenters. The highest BCUT2D eigenvalue weighted by Gasteiger charge is 2.12. The van der Waals surface area contributed by atoms with Gasteiger partial charge >= 0.3 is 0 Å². The molecule has 0 aliphatic rings. The number of hydrogen-bond donors (Lipinski definition) is 3. The Hall–Kier alpha value is -1.68. The lowest BCUT2D eigenvalue weighted by Gasteiger charge is -2.09. The third-order valence-electron chi connectivity index (χ3n) is 2.68. The zero-order valence-corrected chi connectivity index (χ0v) is 13.9. The molecule has 9 heteroatoms. The van der Waals surface area contributed by atoms with Crippen LogP contribution in [0.5, 0.6) is 5.75 Å². The summed E-state index contributed by atoms with van der Waals surface area (Å²) in [6.07, 6.45) is 0. The summed E-state index contributed by atoms with van der Waals surface area (Å²) in [5, 5.41) is 2.59. The highest BCUT2D eigenvalue weighted by atomic mass is 32.2. The molecule has 1 aromatic carbocycles. The van der Waals surface area contributed by atoms with Crippen LogP contribution < -0.4 is 20.5 Å². The van der Waals surface area contributed by atoms with Crippen molar-refractivity contribution in [2.24, 2.45) is 5.73 Å². The van der Waals surface area contributed by atoms with Crippen LogP contribution in [0.1, 0.15) is 6.92 Å². The van der Waals surface area contributed by atoms with Crippen LogP contribution in [0, 0.1) is 0 Å². The predicted molar refractivity (Wildman–Crippen MR) is 87.9 cm³/mol. The lowest BCUT2D eigenvalue weighted by Crippen LogP contribution is -2.35. The van der Waals surface area contributed by atoms with E-state index in [0.717, 1.165) is 0 Å². The van der Waals surface area contributed by atoms with E-state index in [1.165, 1.54) is 0 Å². The fraction of sp³-hybridized carbons (Fsp3) is 0.500. The lowest BCUT2D eigenvalue weighted by atomic mass is 10.3. The summed E-state index contributed by atoms with van der Waals surface area (Å²) in [6.45, 7) is 2.82. The van der Waals surface area contributed by atoms with Gasteiger partial charge in [0.2, 0.25) is 15.9 Å². The van der Waals surface area contributed by atoms with Gasteiger partial charge in [0.1, 0.15) is 12.4 Å². The molecule has 1 aromatic rings. The summed E-state index contributed by atoms with van der Waals surface area (Å²) in [5.41, 5.74) is 5.88. The minimum absolute atomic E-state index is 0.0950. The number of carbonyl (C=O) groups excluding carboxylic acids is 1. The van der Waals surface area contributed by atoms with Gasteiger partial charge in [-0.25, -0.2) is 13.1 Å². The number of amides is 1. The Kier molecular flexibility index (Phi) is 8.56. The molecule has 4 N–H and O–H groups in total. The number of nitrogens with two attached hydrogens (primary N) is 1. The Balaban J connectivity index is 2.38. The maximum Gasteiger partial charge on any atom is 0.239 e. The van der Waals surface area contributed by atoms with E-state index in [4.69, 9.17) is 15.2 Å². The zero-order chi connectivity index (χ0) is 17.1. The maximum absolute atomic E-state index is 11.7. The second kappa shape index (κ2) is 10.2. The molecule has 0 heterocycles. The van der Waals surface area contributed by atoms with Gasteiger partial charge in [0.25, 0.3) is 0 Å². The first-order valence-electron chi connectivity index (χ1n) is 7.24. The highest BCUT2D eigenvalue weighted by Crippen LogP contribution is 2.15. The van der Waals surface area contributed by atoms with Gasteiger partial charge in [-0.2, -0.15) is 0 Å². The molecule has 0 aliphatic carbocycles. The standard InChI is InChI=1S/C14H23N3O5S/c1-2-21-9-10-23(19,20)16-11-14(18)17-12-3-5-13(6-4-12)22-8-7-15/h3-6,16H,2,7-11,15H2,1H3,(H,17,18). The number of nitrogens with one attached hydrogen (secondary N) is 2. The SMILES string of the molecule is CCOCCS(=O)(=O)NCC(=O)Nc1ccc(OCCN)cc1. The average Bonchev–Trinajstić information content (AvgIpc) is 2.53. The van der Waals surface area contributed by atoms with E-state index in [0.29, 0.717) is 31.2 Å². The van der Waals surface area contributed by atoms with Gasteiger partial charge in [-0.3, -0.25) is 4.79 Å². The van der Waals surface area contributed by atoms with Crippen molar-refractivity contribution in [3.63, 3.8) is 0 Å². The minimum Gasteiger partial charge on any atom is -0.492 e. The first-order chi connectivity index (χ1) is 11.0. The van der Waals surface area contributed by atoms with E-state index < -0.39 is 15.9 Å². The molecule has 0 aliphatic heterocycles. The number of hydrogen-bond acceptors (Lipinski definition) is 6. The molecule has 0 bridgehead atoms. The smallest absolute Gasteiger partial charge is 0.239 e. The van der Waals surface area contributed by atoms with E-state index in [2.05, 4.69) is 10.0 Å². The van der Waals surface area contributed by atoms with Gasteiger partial charge in [-0.05, 0) is 31.2 Å². The highest BCUT2D eigenvalue weighted by molar-refractivity contribution is 7.89. The van der Waals surface area contributed by atoms with Crippen LogP contribution in [0.2, 0.25) is 0 Å². The summed E-state index contributed by atoms with van der Waals surface area (Å²) in [6, 6.07) is 6.70. The monoisotopic (exact) mass is 345 g/mol. The topological polar surface area (TPSA) is 120 Å². The fourth-order valence-electron chi connectivity index (χ4n) is 1.58. The first kappa shape index (κ1) is 19.4. The summed E-state index contributed by atoms with van der Waals surface area (Å²) >= 11 is 0. The summed E-state index contributed by atoms with van der Waals surface area (Å²) in [5.74, 6) is 0.00655. The molecule has 0 saturated carbocycles. The molecule has 23 heavy (non-hydrogen) atoms. The number of rotatable bonds is 11. The average molecular weight is 345 g/mol. The molecule has 0 fully saturated rings. The van der Waals surface area contributed by atoms with Crippen molar-refractivity contribution in [2.45, 2.75) is 6.92 Å². The quantitative estimate of drug-likeness (QED) is 0.483. The summed E-state index contributed by atoms with van der Waals surface area (Å²) in [7, 11) is -3.53. The first-order valence-corrected chi connectivity index (χ1v) is 8.90. The molecule has 0 saturated heterocycles. The molecular weight excluding hydrogens is 322 g/mol. The largest absolute Gasteiger partial charge is 0.492 e. The third kappa shape index (κ3) is 8.50. The number of ether oxygens (including phenoxy) is 2. The van der Waals surface area contributed by atoms with Gasteiger partial charge in [0.15, 0.2) is 0 Å². The van der Waals surface area contributed by atoms with Gasteiger partial charge < -0.3 is 20.5 Å². The molecule has 1 amide bonds. The van der Waals surface area contributed by atoms with Crippen molar-refractivity contribution in [3.05, 3.63) is 24.3 Å². The normalized spacial score (nSPS) is 11.2. The minimum atomic E-state index is -3.53. The Morgan fingerprint density at radius 3 is 2.52 bits per heavy atom. The molecule has 0 aromatic heterocycles. The number of carbonyl (C=O) groups is 1. The van der Waals surface area contributed by atoms with Crippen molar-refractivity contribution in [1.82, 2.24) is 4.72 Å². The Labute approximate surface area is 136 Å². The van der Waals surface area contributed by atoms with Crippen LogP contribution in [0.25, 0.3) is 0 Å². The molecule has 0 radical (unpaired) electrons. The van der Waals surface area contributed by atoms with Crippen LogP contribution in [0.4, 0.5) is 5.69 Å². The van der Waals surface area contributed by atoms with Crippen LogP contribution in [0.15, 0.2) is 24.3 Å². The predicted octanol–water partition coefficient (Wildman–Crippen LogP) is -0.0815. The van der Waals surface area contributed by atoms with Gasteiger partial charge in [0.05, 0.1) is 18.9 Å². The molecule has 1 rings (SSSR count). The van der Waals surface area contributed by atoms with Crippen LogP contribution in [-0.2, 0) is 19.6 Å². The Morgan fingerprint density at radius 2 is 1.91 bits per heavy atom. The molecule has 0 unspecified atom stereocenters.